The van der Waals surface area contributed by atoms with Gasteiger partial charge in [-0.15, -0.1) is 18.2 Å². The molecule has 0 aromatic carbocycles. The van der Waals surface area contributed by atoms with Crippen molar-refractivity contribution in [3.8, 4) is 12.3 Å². The molecule has 1 aromatic rings. The molecule has 1 heterocycles. The van der Waals surface area contributed by atoms with Crippen molar-refractivity contribution in [3.63, 3.8) is 0 Å². The molecule has 0 atom stereocenters. The highest BCUT2D eigenvalue weighted by Crippen LogP contribution is 2.10. The Labute approximate surface area is 77.4 Å². The molecule has 0 bridgehead atoms. The van der Waals surface area contributed by atoms with Crippen molar-refractivity contribution in [2.75, 3.05) is 5.75 Å². The average molecular weight is 180 g/mol. The van der Waals surface area contributed by atoms with Crippen molar-refractivity contribution < 1.29 is 0 Å². The van der Waals surface area contributed by atoms with Crippen molar-refractivity contribution in [1.82, 2.24) is 9.78 Å². The summed E-state index contributed by atoms with van der Waals surface area (Å²) >= 11 is 1.72. The maximum Gasteiger partial charge on any atom is 0.0726 e. The molecule has 0 aliphatic heterocycles. The van der Waals surface area contributed by atoms with Gasteiger partial charge in [0.1, 0.15) is 0 Å². The van der Waals surface area contributed by atoms with Gasteiger partial charge in [0.25, 0.3) is 0 Å². The summed E-state index contributed by atoms with van der Waals surface area (Å²) in [5.41, 5.74) is 2.29. The Hall–Kier alpha value is -0.880. The second-order valence-corrected chi connectivity index (χ2v) is 3.58. The highest BCUT2D eigenvalue weighted by Gasteiger charge is 1.99. The average Bonchev–Trinajstić information content (AvgIpc) is 2.32. The molecule has 0 unspecified atom stereocenters. The molecule has 0 saturated carbocycles. The SMILES string of the molecule is C#CCSCc1cc(C)n(C)n1. The predicted molar refractivity (Wildman–Crippen MR) is 52.9 cm³/mol. The van der Waals surface area contributed by atoms with Crippen LogP contribution >= 0.6 is 11.8 Å². The topological polar surface area (TPSA) is 17.8 Å². The van der Waals surface area contributed by atoms with E-state index < -0.39 is 0 Å². The molecule has 0 saturated heterocycles. The molecular formula is C9H12N2S. The van der Waals surface area contributed by atoms with E-state index in [4.69, 9.17) is 6.42 Å². The first kappa shape index (κ1) is 9.21. The molecule has 0 fully saturated rings. The summed E-state index contributed by atoms with van der Waals surface area (Å²) in [5, 5.41) is 4.31. The zero-order chi connectivity index (χ0) is 8.97. The van der Waals surface area contributed by atoms with E-state index in [1.54, 1.807) is 11.8 Å². The zero-order valence-electron chi connectivity index (χ0n) is 7.37. The van der Waals surface area contributed by atoms with E-state index in [1.807, 2.05) is 18.7 Å². The molecule has 0 radical (unpaired) electrons. The lowest BCUT2D eigenvalue weighted by Crippen LogP contribution is -1.93. The lowest BCUT2D eigenvalue weighted by atomic mass is 10.4. The zero-order valence-corrected chi connectivity index (χ0v) is 8.19. The monoisotopic (exact) mass is 180 g/mol. The van der Waals surface area contributed by atoms with Gasteiger partial charge in [0.05, 0.1) is 11.4 Å². The maximum atomic E-state index is 5.13. The van der Waals surface area contributed by atoms with Gasteiger partial charge in [-0.25, -0.2) is 0 Å². The number of rotatable bonds is 3. The van der Waals surface area contributed by atoms with Crippen LogP contribution in [-0.4, -0.2) is 15.5 Å². The standard InChI is InChI=1S/C9H12N2S/c1-4-5-12-7-9-6-8(2)11(3)10-9/h1,6H,5,7H2,2-3H3. The van der Waals surface area contributed by atoms with Crippen molar-refractivity contribution in [3.05, 3.63) is 17.5 Å². The molecule has 2 nitrogen and oxygen atoms in total. The van der Waals surface area contributed by atoms with Gasteiger partial charge >= 0.3 is 0 Å². The molecule has 64 valence electrons. The minimum atomic E-state index is 0.760. The normalized spacial score (nSPS) is 9.75. The molecule has 12 heavy (non-hydrogen) atoms. The molecule has 0 aliphatic rings. The Balaban J connectivity index is 2.48. The van der Waals surface area contributed by atoms with Crippen molar-refractivity contribution >= 4 is 11.8 Å². The largest absolute Gasteiger partial charge is 0.273 e. The van der Waals surface area contributed by atoms with Crippen molar-refractivity contribution in [2.45, 2.75) is 12.7 Å². The molecule has 0 spiro atoms. The van der Waals surface area contributed by atoms with Gasteiger partial charge in [0, 0.05) is 18.5 Å². The maximum absolute atomic E-state index is 5.13. The van der Waals surface area contributed by atoms with Crippen LogP contribution in [0.15, 0.2) is 6.07 Å². The smallest absolute Gasteiger partial charge is 0.0726 e. The van der Waals surface area contributed by atoms with Gasteiger partial charge < -0.3 is 0 Å². The molecule has 1 rings (SSSR count). The summed E-state index contributed by atoms with van der Waals surface area (Å²) in [6.07, 6.45) is 5.13. The Morgan fingerprint density at radius 2 is 2.50 bits per heavy atom. The van der Waals surface area contributed by atoms with Crippen LogP contribution in [0.3, 0.4) is 0 Å². The van der Waals surface area contributed by atoms with E-state index in [0.29, 0.717) is 0 Å². The first-order valence-corrected chi connectivity index (χ1v) is 4.90. The van der Waals surface area contributed by atoms with Gasteiger partial charge in [0.2, 0.25) is 0 Å². The first-order valence-electron chi connectivity index (χ1n) is 3.74. The van der Waals surface area contributed by atoms with Crippen LogP contribution in [0.5, 0.6) is 0 Å². The third-order valence-corrected chi connectivity index (χ3v) is 2.47. The minimum absolute atomic E-state index is 0.760. The summed E-state index contributed by atoms with van der Waals surface area (Å²) < 4.78 is 1.88. The number of aryl methyl sites for hydroxylation is 2. The predicted octanol–water partition coefficient (Wildman–Crippen LogP) is 1.59. The first-order chi connectivity index (χ1) is 5.74. The summed E-state index contributed by atoms with van der Waals surface area (Å²) in [7, 11) is 1.95. The fourth-order valence-electron chi connectivity index (χ4n) is 0.920. The van der Waals surface area contributed by atoms with Crippen LogP contribution in [0.25, 0.3) is 0 Å². The van der Waals surface area contributed by atoms with Gasteiger partial charge in [0.15, 0.2) is 0 Å². The van der Waals surface area contributed by atoms with E-state index in [0.717, 1.165) is 17.2 Å². The van der Waals surface area contributed by atoms with Gasteiger partial charge in [-0.1, -0.05) is 5.92 Å². The number of hydrogen-bond acceptors (Lipinski definition) is 2. The fraction of sp³-hybridized carbons (Fsp3) is 0.444. The summed E-state index contributed by atoms with van der Waals surface area (Å²) in [4.78, 5) is 0. The molecule has 0 N–H and O–H groups in total. The number of terminal acetylenes is 1. The van der Waals surface area contributed by atoms with Crippen molar-refractivity contribution in [1.29, 1.82) is 0 Å². The van der Waals surface area contributed by atoms with E-state index in [9.17, 15) is 0 Å². The summed E-state index contributed by atoms with van der Waals surface area (Å²) in [6, 6.07) is 2.09. The van der Waals surface area contributed by atoms with Gasteiger partial charge in [-0.2, -0.15) is 5.10 Å². The molecule has 0 amide bonds. The number of nitrogens with zero attached hydrogens (tertiary/aromatic N) is 2. The summed E-state index contributed by atoms with van der Waals surface area (Å²) in [5.74, 6) is 4.26. The number of hydrogen-bond donors (Lipinski definition) is 0. The van der Waals surface area contributed by atoms with Crippen molar-refractivity contribution in [2.24, 2.45) is 7.05 Å². The van der Waals surface area contributed by atoms with Crippen LogP contribution in [0.1, 0.15) is 11.4 Å². The molecule has 3 heteroatoms. The quantitative estimate of drug-likeness (QED) is 0.519. The van der Waals surface area contributed by atoms with Crippen LogP contribution in [-0.2, 0) is 12.8 Å². The van der Waals surface area contributed by atoms with E-state index in [1.165, 1.54) is 5.69 Å². The highest BCUT2D eigenvalue weighted by atomic mass is 32.2. The van der Waals surface area contributed by atoms with E-state index >= 15 is 0 Å². The number of thioether (sulfide) groups is 1. The van der Waals surface area contributed by atoms with Gasteiger partial charge in [-0.05, 0) is 13.0 Å². The second kappa shape index (κ2) is 4.22. The van der Waals surface area contributed by atoms with E-state index in [2.05, 4.69) is 17.1 Å². The second-order valence-electron chi connectivity index (χ2n) is 2.60. The van der Waals surface area contributed by atoms with E-state index in [-0.39, 0.29) is 0 Å². The number of aromatic nitrogens is 2. The van der Waals surface area contributed by atoms with Gasteiger partial charge in [-0.3, -0.25) is 4.68 Å². The Morgan fingerprint density at radius 1 is 1.75 bits per heavy atom. The Kier molecular flexibility index (Phi) is 3.24. The Bertz CT molecular complexity index is 276. The third-order valence-electron chi connectivity index (χ3n) is 1.60. The molecular weight excluding hydrogens is 168 g/mol. The Morgan fingerprint density at radius 3 is 3.00 bits per heavy atom. The molecule has 1 aromatic heterocycles. The van der Waals surface area contributed by atoms with Crippen LogP contribution in [0, 0.1) is 19.3 Å². The fourth-order valence-corrected chi connectivity index (χ4v) is 1.49. The third kappa shape index (κ3) is 2.31. The minimum Gasteiger partial charge on any atom is -0.273 e. The van der Waals surface area contributed by atoms with Crippen LogP contribution < -0.4 is 0 Å². The molecule has 0 aliphatic carbocycles. The van der Waals surface area contributed by atoms with Crippen LogP contribution in [0.4, 0.5) is 0 Å². The highest BCUT2D eigenvalue weighted by molar-refractivity contribution is 7.98. The lowest BCUT2D eigenvalue weighted by molar-refractivity contribution is 0.730. The lowest BCUT2D eigenvalue weighted by Gasteiger charge is -1.91. The van der Waals surface area contributed by atoms with Crippen LogP contribution in [0.2, 0.25) is 0 Å². The summed E-state index contributed by atoms with van der Waals surface area (Å²) in [6.45, 7) is 2.04.